The maximum Gasteiger partial charge on any atom is 0.166 e. The minimum absolute atomic E-state index is 0.412. The summed E-state index contributed by atoms with van der Waals surface area (Å²) in [6.45, 7) is 0.680. The summed E-state index contributed by atoms with van der Waals surface area (Å²) in [5.74, 6) is 1.24. The first-order chi connectivity index (χ1) is 10.7. The number of ether oxygens (including phenoxy) is 2. The standard InChI is InChI=1S/C18H20N2O2/c1-20(13-14-8-5-4-6-9-14)16(12-19)15-10-7-11-17(21-2)18(15)22-3/h4-11,16H,13H2,1-3H3. The molecule has 0 aliphatic heterocycles. The number of benzene rings is 2. The van der Waals surface area contributed by atoms with Crippen molar-refractivity contribution in [1.29, 1.82) is 5.26 Å². The molecule has 0 N–H and O–H groups in total. The van der Waals surface area contributed by atoms with E-state index in [2.05, 4.69) is 6.07 Å². The lowest BCUT2D eigenvalue weighted by Gasteiger charge is -2.25. The van der Waals surface area contributed by atoms with Crippen LogP contribution >= 0.6 is 0 Å². The van der Waals surface area contributed by atoms with Gasteiger partial charge in [0.2, 0.25) is 0 Å². The van der Waals surface area contributed by atoms with E-state index in [-0.39, 0.29) is 0 Å². The van der Waals surface area contributed by atoms with Crippen molar-refractivity contribution in [3.63, 3.8) is 0 Å². The molecule has 4 nitrogen and oxygen atoms in total. The molecule has 2 rings (SSSR count). The van der Waals surface area contributed by atoms with Gasteiger partial charge in [-0.2, -0.15) is 5.26 Å². The third-order valence-corrected chi connectivity index (χ3v) is 3.57. The first-order valence-corrected chi connectivity index (χ1v) is 7.06. The van der Waals surface area contributed by atoms with Crippen LogP contribution in [0.4, 0.5) is 0 Å². The van der Waals surface area contributed by atoms with Gasteiger partial charge in [-0.05, 0) is 18.7 Å². The average molecular weight is 296 g/mol. The number of nitriles is 1. The van der Waals surface area contributed by atoms with Crippen LogP contribution < -0.4 is 9.47 Å². The summed E-state index contributed by atoms with van der Waals surface area (Å²) in [7, 11) is 5.11. The first-order valence-electron chi connectivity index (χ1n) is 7.06. The Kier molecular flexibility index (Phi) is 5.40. The van der Waals surface area contributed by atoms with Crippen molar-refractivity contribution in [1.82, 2.24) is 4.90 Å². The van der Waals surface area contributed by atoms with Crippen LogP contribution in [-0.2, 0) is 6.54 Å². The number of hydrogen-bond acceptors (Lipinski definition) is 4. The first kappa shape index (κ1) is 15.9. The molecule has 22 heavy (non-hydrogen) atoms. The predicted molar refractivity (Wildman–Crippen MR) is 85.8 cm³/mol. The molecule has 2 aromatic carbocycles. The Morgan fingerprint density at radius 1 is 1.05 bits per heavy atom. The smallest absolute Gasteiger partial charge is 0.166 e. The van der Waals surface area contributed by atoms with Gasteiger partial charge in [0.15, 0.2) is 11.5 Å². The molecule has 0 amide bonds. The van der Waals surface area contributed by atoms with E-state index in [4.69, 9.17) is 9.47 Å². The summed E-state index contributed by atoms with van der Waals surface area (Å²) >= 11 is 0. The highest BCUT2D eigenvalue weighted by atomic mass is 16.5. The van der Waals surface area contributed by atoms with Crippen molar-refractivity contribution in [2.24, 2.45) is 0 Å². The van der Waals surface area contributed by atoms with Crippen molar-refractivity contribution >= 4 is 0 Å². The monoisotopic (exact) mass is 296 g/mol. The van der Waals surface area contributed by atoms with Crippen LogP contribution in [-0.4, -0.2) is 26.2 Å². The van der Waals surface area contributed by atoms with Crippen LogP contribution in [0.3, 0.4) is 0 Å². The van der Waals surface area contributed by atoms with Gasteiger partial charge in [-0.25, -0.2) is 0 Å². The molecule has 0 aromatic heterocycles. The Bertz CT molecular complexity index is 650. The Labute approximate surface area is 131 Å². The van der Waals surface area contributed by atoms with E-state index in [1.54, 1.807) is 14.2 Å². The van der Waals surface area contributed by atoms with Gasteiger partial charge < -0.3 is 9.47 Å². The van der Waals surface area contributed by atoms with Gasteiger partial charge in [-0.15, -0.1) is 0 Å². The molecule has 2 aromatic rings. The molecule has 114 valence electrons. The molecule has 0 fully saturated rings. The van der Waals surface area contributed by atoms with Crippen molar-refractivity contribution in [3.05, 3.63) is 59.7 Å². The Balaban J connectivity index is 2.30. The van der Waals surface area contributed by atoms with E-state index in [1.807, 2.05) is 60.5 Å². The summed E-state index contributed by atoms with van der Waals surface area (Å²) in [4.78, 5) is 1.99. The topological polar surface area (TPSA) is 45.5 Å². The highest BCUT2D eigenvalue weighted by Gasteiger charge is 2.22. The van der Waals surface area contributed by atoms with Crippen molar-refractivity contribution in [2.45, 2.75) is 12.6 Å². The van der Waals surface area contributed by atoms with Crippen LogP contribution in [0.5, 0.6) is 11.5 Å². The van der Waals surface area contributed by atoms with Gasteiger partial charge in [0, 0.05) is 12.1 Å². The molecule has 0 spiro atoms. The fourth-order valence-corrected chi connectivity index (χ4v) is 2.50. The zero-order valence-corrected chi connectivity index (χ0v) is 13.1. The summed E-state index contributed by atoms with van der Waals surface area (Å²) in [5, 5.41) is 9.62. The van der Waals surface area contributed by atoms with Crippen LogP contribution in [0, 0.1) is 11.3 Å². The second-order valence-electron chi connectivity index (χ2n) is 5.02. The lowest BCUT2D eigenvalue weighted by Crippen LogP contribution is -2.23. The van der Waals surface area contributed by atoms with E-state index < -0.39 is 6.04 Å². The van der Waals surface area contributed by atoms with Crippen LogP contribution in [0.25, 0.3) is 0 Å². The molecule has 0 aliphatic rings. The van der Waals surface area contributed by atoms with E-state index in [0.29, 0.717) is 18.0 Å². The van der Waals surface area contributed by atoms with Gasteiger partial charge in [-0.1, -0.05) is 42.5 Å². The maximum atomic E-state index is 9.62. The van der Waals surface area contributed by atoms with Crippen LogP contribution in [0.15, 0.2) is 48.5 Å². The Morgan fingerprint density at radius 3 is 2.36 bits per heavy atom. The van der Waals surface area contributed by atoms with Crippen molar-refractivity contribution in [3.8, 4) is 17.6 Å². The Morgan fingerprint density at radius 2 is 1.77 bits per heavy atom. The zero-order valence-electron chi connectivity index (χ0n) is 13.1. The van der Waals surface area contributed by atoms with Crippen LogP contribution in [0.1, 0.15) is 17.2 Å². The predicted octanol–water partition coefficient (Wildman–Crippen LogP) is 3.40. The minimum Gasteiger partial charge on any atom is -0.493 e. The molecule has 0 heterocycles. The van der Waals surface area contributed by atoms with Gasteiger partial charge in [-0.3, -0.25) is 4.90 Å². The van der Waals surface area contributed by atoms with Gasteiger partial charge >= 0.3 is 0 Å². The highest BCUT2D eigenvalue weighted by Crippen LogP contribution is 2.36. The second kappa shape index (κ2) is 7.48. The second-order valence-corrected chi connectivity index (χ2v) is 5.02. The third kappa shape index (κ3) is 3.38. The fraction of sp³-hybridized carbons (Fsp3) is 0.278. The van der Waals surface area contributed by atoms with Crippen molar-refractivity contribution < 1.29 is 9.47 Å². The molecular formula is C18H20N2O2. The number of para-hydroxylation sites is 1. The molecular weight excluding hydrogens is 276 g/mol. The zero-order chi connectivity index (χ0) is 15.9. The van der Waals surface area contributed by atoms with Crippen molar-refractivity contribution in [2.75, 3.05) is 21.3 Å². The lowest BCUT2D eigenvalue weighted by atomic mass is 10.0. The van der Waals surface area contributed by atoms with Crippen LogP contribution in [0.2, 0.25) is 0 Å². The summed E-state index contributed by atoms with van der Waals surface area (Å²) in [6.07, 6.45) is 0. The summed E-state index contributed by atoms with van der Waals surface area (Å²) in [6, 6.07) is 17.6. The third-order valence-electron chi connectivity index (χ3n) is 3.57. The molecule has 0 radical (unpaired) electrons. The molecule has 0 bridgehead atoms. The fourth-order valence-electron chi connectivity index (χ4n) is 2.50. The van der Waals surface area contributed by atoms with Gasteiger partial charge in [0.05, 0.1) is 20.3 Å². The van der Waals surface area contributed by atoms with Gasteiger partial charge in [0.25, 0.3) is 0 Å². The largest absolute Gasteiger partial charge is 0.493 e. The Hall–Kier alpha value is -2.51. The lowest BCUT2D eigenvalue weighted by molar-refractivity contribution is 0.272. The highest BCUT2D eigenvalue weighted by molar-refractivity contribution is 5.49. The number of nitrogens with zero attached hydrogens (tertiary/aromatic N) is 2. The van der Waals surface area contributed by atoms with E-state index >= 15 is 0 Å². The number of methoxy groups -OCH3 is 2. The minimum atomic E-state index is -0.412. The van der Waals surface area contributed by atoms with Gasteiger partial charge in [0.1, 0.15) is 6.04 Å². The quantitative estimate of drug-likeness (QED) is 0.819. The molecule has 4 heteroatoms. The number of hydrogen-bond donors (Lipinski definition) is 0. The maximum absolute atomic E-state index is 9.62. The normalized spacial score (nSPS) is 11.8. The SMILES string of the molecule is COc1cccc(C(C#N)N(C)Cc2ccccc2)c1OC. The molecule has 0 aliphatic carbocycles. The number of rotatable bonds is 6. The van der Waals surface area contributed by atoms with E-state index in [1.165, 1.54) is 0 Å². The summed E-state index contributed by atoms with van der Waals surface area (Å²) < 4.78 is 10.8. The molecule has 0 saturated heterocycles. The molecule has 1 atom stereocenters. The van der Waals surface area contributed by atoms with E-state index in [0.717, 1.165) is 11.1 Å². The average Bonchev–Trinajstić information content (AvgIpc) is 2.56. The van der Waals surface area contributed by atoms with E-state index in [9.17, 15) is 5.26 Å². The summed E-state index contributed by atoms with van der Waals surface area (Å²) in [5.41, 5.74) is 1.97. The molecule has 0 saturated carbocycles. The molecule has 1 unspecified atom stereocenters.